The number of hydrogen-bond acceptors (Lipinski definition) is 3. The number of ether oxygens (including phenoxy) is 2. The number of carbonyl (C=O) groups is 1. The van der Waals surface area contributed by atoms with Gasteiger partial charge in [-0.3, -0.25) is 4.79 Å². The number of halogens is 1. The minimum Gasteiger partial charge on any atom is -0.484 e. The molecule has 2 rings (SSSR count). The zero-order valence-corrected chi connectivity index (χ0v) is 13.0. The Morgan fingerprint density at radius 3 is 2.60 bits per heavy atom. The molecule has 1 aromatic carbocycles. The summed E-state index contributed by atoms with van der Waals surface area (Å²) in [4.78, 5) is 13.9. The lowest BCUT2D eigenvalue weighted by atomic mass is 10.1. The van der Waals surface area contributed by atoms with Crippen LogP contribution < -0.4 is 4.74 Å². The van der Waals surface area contributed by atoms with E-state index in [1.807, 2.05) is 35.2 Å². The second kappa shape index (κ2) is 8.27. The van der Waals surface area contributed by atoms with E-state index in [-0.39, 0.29) is 18.6 Å². The summed E-state index contributed by atoms with van der Waals surface area (Å²) < 4.78 is 11.2. The first kappa shape index (κ1) is 15.3. The lowest BCUT2D eigenvalue weighted by Crippen LogP contribution is -2.43. The minimum atomic E-state index is 0.0489. The van der Waals surface area contributed by atoms with Gasteiger partial charge in [-0.2, -0.15) is 0 Å². The number of hydrogen-bond donors (Lipinski definition) is 0. The maximum Gasteiger partial charge on any atom is 0.260 e. The monoisotopic (exact) mass is 341 g/mol. The Bertz CT molecular complexity index is 405. The standard InChI is InChI=1S/C15H20BrNO3/c16-8-11-19-14-6-9-17(10-7-14)15(18)12-20-13-4-2-1-3-5-13/h1-5,14H,6-12H2. The summed E-state index contributed by atoms with van der Waals surface area (Å²) >= 11 is 3.35. The molecular weight excluding hydrogens is 322 g/mol. The third-order valence-electron chi connectivity index (χ3n) is 3.33. The van der Waals surface area contributed by atoms with E-state index in [0.717, 1.165) is 43.6 Å². The van der Waals surface area contributed by atoms with Crippen LogP contribution in [0.2, 0.25) is 0 Å². The number of benzene rings is 1. The number of nitrogens with zero attached hydrogens (tertiary/aromatic N) is 1. The Balaban J connectivity index is 1.69. The summed E-state index contributed by atoms with van der Waals surface area (Å²) in [6, 6.07) is 9.42. The van der Waals surface area contributed by atoms with Gasteiger partial charge in [0.1, 0.15) is 5.75 Å². The lowest BCUT2D eigenvalue weighted by molar-refractivity contribution is -0.135. The number of piperidine rings is 1. The van der Waals surface area contributed by atoms with Crippen molar-refractivity contribution in [1.29, 1.82) is 0 Å². The Kier molecular flexibility index (Phi) is 6.33. The van der Waals surface area contributed by atoms with Crippen LogP contribution in [0.5, 0.6) is 5.75 Å². The number of amides is 1. The molecule has 20 heavy (non-hydrogen) atoms. The van der Waals surface area contributed by atoms with Crippen LogP contribution in [-0.4, -0.2) is 48.5 Å². The molecule has 0 saturated carbocycles. The summed E-state index contributed by atoms with van der Waals surface area (Å²) in [6.45, 7) is 2.35. The molecule has 1 saturated heterocycles. The van der Waals surface area contributed by atoms with Crippen molar-refractivity contribution in [2.24, 2.45) is 0 Å². The first-order chi connectivity index (χ1) is 9.79. The highest BCUT2D eigenvalue weighted by Gasteiger charge is 2.23. The highest BCUT2D eigenvalue weighted by molar-refractivity contribution is 9.09. The van der Waals surface area contributed by atoms with Gasteiger partial charge in [0.2, 0.25) is 0 Å². The third kappa shape index (κ3) is 4.80. The quantitative estimate of drug-likeness (QED) is 0.746. The molecule has 5 heteroatoms. The van der Waals surface area contributed by atoms with Gasteiger partial charge in [-0.05, 0) is 25.0 Å². The van der Waals surface area contributed by atoms with Gasteiger partial charge in [-0.1, -0.05) is 34.1 Å². The van der Waals surface area contributed by atoms with E-state index in [4.69, 9.17) is 9.47 Å². The molecule has 0 bridgehead atoms. The molecule has 1 fully saturated rings. The summed E-state index contributed by atoms with van der Waals surface area (Å²) in [7, 11) is 0. The molecule has 1 aliphatic rings. The SMILES string of the molecule is O=C(COc1ccccc1)N1CCC(OCCBr)CC1. The molecule has 0 spiro atoms. The van der Waals surface area contributed by atoms with Gasteiger partial charge in [-0.15, -0.1) is 0 Å². The molecule has 0 N–H and O–H groups in total. The maximum atomic E-state index is 12.0. The van der Waals surface area contributed by atoms with Gasteiger partial charge >= 0.3 is 0 Å². The van der Waals surface area contributed by atoms with Gasteiger partial charge in [-0.25, -0.2) is 0 Å². The van der Waals surface area contributed by atoms with E-state index in [1.54, 1.807) is 0 Å². The highest BCUT2D eigenvalue weighted by Crippen LogP contribution is 2.15. The van der Waals surface area contributed by atoms with E-state index < -0.39 is 0 Å². The van der Waals surface area contributed by atoms with E-state index >= 15 is 0 Å². The van der Waals surface area contributed by atoms with Crippen LogP contribution in [-0.2, 0) is 9.53 Å². The van der Waals surface area contributed by atoms with Crippen LogP contribution in [0.15, 0.2) is 30.3 Å². The number of carbonyl (C=O) groups excluding carboxylic acids is 1. The number of alkyl halides is 1. The minimum absolute atomic E-state index is 0.0489. The maximum absolute atomic E-state index is 12.0. The van der Waals surface area contributed by atoms with E-state index in [2.05, 4.69) is 15.9 Å². The molecule has 1 amide bonds. The van der Waals surface area contributed by atoms with Crippen LogP contribution in [0, 0.1) is 0 Å². The van der Waals surface area contributed by atoms with Crippen LogP contribution >= 0.6 is 15.9 Å². The molecule has 0 atom stereocenters. The molecule has 0 aromatic heterocycles. The molecule has 0 aliphatic carbocycles. The molecule has 1 heterocycles. The number of rotatable bonds is 6. The van der Waals surface area contributed by atoms with Crippen LogP contribution in [0.4, 0.5) is 0 Å². The van der Waals surface area contributed by atoms with Crippen molar-refractivity contribution >= 4 is 21.8 Å². The highest BCUT2D eigenvalue weighted by atomic mass is 79.9. The van der Waals surface area contributed by atoms with E-state index in [9.17, 15) is 4.79 Å². The lowest BCUT2D eigenvalue weighted by Gasteiger charge is -2.31. The summed E-state index contributed by atoms with van der Waals surface area (Å²) in [5, 5.41) is 0.858. The molecule has 0 unspecified atom stereocenters. The fraction of sp³-hybridized carbons (Fsp3) is 0.533. The predicted molar refractivity (Wildman–Crippen MR) is 81.3 cm³/mol. The Morgan fingerprint density at radius 1 is 1.25 bits per heavy atom. The largest absolute Gasteiger partial charge is 0.484 e. The molecule has 110 valence electrons. The van der Waals surface area contributed by atoms with Crippen molar-refractivity contribution in [2.75, 3.05) is 31.6 Å². The molecule has 4 nitrogen and oxygen atoms in total. The third-order valence-corrected chi connectivity index (χ3v) is 3.65. The Hall–Kier alpha value is -1.07. The Morgan fingerprint density at radius 2 is 1.95 bits per heavy atom. The topological polar surface area (TPSA) is 38.8 Å². The van der Waals surface area contributed by atoms with Gasteiger partial charge in [0.25, 0.3) is 5.91 Å². The van der Waals surface area contributed by atoms with Crippen molar-refractivity contribution in [3.63, 3.8) is 0 Å². The van der Waals surface area contributed by atoms with Crippen LogP contribution in [0.25, 0.3) is 0 Å². The van der Waals surface area contributed by atoms with Gasteiger partial charge in [0.15, 0.2) is 6.61 Å². The van der Waals surface area contributed by atoms with Crippen molar-refractivity contribution in [3.05, 3.63) is 30.3 Å². The van der Waals surface area contributed by atoms with Crippen molar-refractivity contribution in [2.45, 2.75) is 18.9 Å². The molecule has 1 aromatic rings. The fourth-order valence-electron chi connectivity index (χ4n) is 2.24. The first-order valence-corrected chi connectivity index (χ1v) is 8.05. The zero-order valence-electron chi connectivity index (χ0n) is 11.5. The van der Waals surface area contributed by atoms with Gasteiger partial charge < -0.3 is 14.4 Å². The summed E-state index contributed by atoms with van der Waals surface area (Å²) in [5.41, 5.74) is 0. The molecule has 0 radical (unpaired) electrons. The van der Waals surface area contributed by atoms with E-state index in [1.165, 1.54) is 0 Å². The van der Waals surface area contributed by atoms with Crippen molar-refractivity contribution in [1.82, 2.24) is 4.90 Å². The van der Waals surface area contributed by atoms with Gasteiger partial charge in [0.05, 0.1) is 12.7 Å². The second-order valence-electron chi connectivity index (χ2n) is 4.74. The van der Waals surface area contributed by atoms with Crippen LogP contribution in [0.3, 0.4) is 0 Å². The fourth-order valence-corrected chi connectivity index (χ4v) is 2.42. The normalized spacial score (nSPS) is 16.1. The van der Waals surface area contributed by atoms with Crippen LogP contribution in [0.1, 0.15) is 12.8 Å². The van der Waals surface area contributed by atoms with Gasteiger partial charge in [0, 0.05) is 18.4 Å². The summed E-state index contributed by atoms with van der Waals surface area (Å²) in [6.07, 6.45) is 2.10. The first-order valence-electron chi connectivity index (χ1n) is 6.93. The predicted octanol–water partition coefficient (Wildman–Crippen LogP) is 2.47. The average molecular weight is 342 g/mol. The molecular formula is C15H20BrNO3. The van der Waals surface area contributed by atoms with Crippen molar-refractivity contribution < 1.29 is 14.3 Å². The van der Waals surface area contributed by atoms with Crippen molar-refractivity contribution in [3.8, 4) is 5.75 Å². The molecule has 1 aliphatic heterocycles. The Labute approximate surface area is 128 Å². The zero-order chi connectivity index (χ0) is 14.2. The number of para-hydroxylation sites is 1. The van der Waals surface area contributed by atoms with E-state index in [0.29, 0.717) is 0 Å². The smallest absolute Gasteiger partial charge is 0.260 e. The average Bonchev–Trinajstić information content (AvgIpc) is 2.52. The number of likely N-dealkylation sites (tertiary alicyclic amines) is 1. The summed E-state index contributed by atoms with van der Waals surface area (Å²) in [5.74, 6) is 0.782. The second-order valence-corrected chi connectivity index (χ2v) is 5.53.